The Labute approximate surface area is 268 Å². The summed E-state index contributed by atoms with van der Waals surface area (Å²) in [7, 11) is 0. The van der Waals surface area contributed by atoms with Crippen molar-refractivity contribution in [1.29, 1.82) is 0 Å². The Hall–Kier alpha value is -3.59. The summed E-state index contributed by atoms with van der Waals surface area (Å²) >= 11 is 1.15. The van der Waals surface area contributed by atoms with Gasteiger partial charge >= 0.3 is 12.3 Å². The number of thiazole rings is 1. The monoisotopic (exact) mass is 667 g/mol. The van der Waals surface area contributed by atoms with Crippen LogP contribution in [0.5, 0.6) is 0 Å². The summed E-state index contributed by atoms with van der Waals surface area (Å²) in [6, 6.07) is 2.37. The minimum atomic E-state index is -4.74. The van der Waals surface area contributed by atoms with Crippen molar-refractivity contribution in [2.75, 3.05) is 36.4 Å². The Balaban J connectivity index is 1.43. The van der Waals surface area contributed by atoms with E-state index in [-0.39, 0.29) is 40.1 Å². The van der Waals surface area contributed by atoms with E-state index in [1.165, 1.54) is 6.33 Å². The second-order valence-corrected chi connectivity index (χ2v) is 13.7. The van der Waals surface area contributed by atoms with Crippen molar-refractivity contribution in [2.24, 2.45) is 0 Å². The highest BCUT2D eigenvalue weighted by atomic mass is 32.1. The zero-order valence-electron chi connectivity index (χ0n) is 26.4. The number of nitrogens with one attached hydrogen (secondary N) is 1. The molecule has 1 amide bonds. The van der Waals surface area contributed by atoms with Gasteiger partial charge in [0.1, 0.15) is 17.7 Å². The van der Waals surface area contributed by atoms with Crippen molar-refractivity contribution >= 4 is 34.2 Å². The topological polar surface area (TPSA) is 86.7 Å². The number of alkyl halides is 3. The summed E-state index contributed by atoms with van der Waals surface area (Å²) in [5, 5.41) is 3.09. The molecule has 5 rings (SSSR count). The first-order valence-electron chi connectivity index (χ1n) is 15.3. The predicted octanol–water partition coefficient (Wildman–Crippen LogP) is 7.46. The normalized spacial score (nSPS) is 19.5. The third-order valence-corrected chi connectivity index (χ3v) is 9.06. The Bertz CT molecular complexity index is 1560. The zero-order chi connectivity index (χ0) is 33.4. The summed E-state index contributed by atoms with van der Waals surface area (Å²) in [5.41, 5.74) is -1.59. The maximum Gasteiger partial charge on any atom is 0.416 e. The van der Waals surface area contributed by atoms with Gasteiger partial charge in [0.05, 0.1) is 11.3 Å². The summed E-state index contributed by atoms with van der Waals surface area (Å²) < 4.78 is 76.7. The first-order chi connectivity index (χ1) is 21.6. The fourth-order valence-electron chi connectivity index (χ4n) is 5.77. The van der Waals surface area contributed by atoms with Gasteiger partial charge in [0.15, 0.2) is 16.8 Å². The van der Waals surface area contributed by atoms with Gasteiger partial charge in [0.2, 0.25) is 5.82 Å². The van der Waals surface area contributed by atoms with E-state index in [0.717, 1.165) is 42.9 Å². The van der Waals surface area contributed by atoms with Crippen LogP contribution in [-0.4, -0.2) is 74.7 Å². The highest BCUT2D eigenvalue weighted by Gasteiger charge is 2.35. The molecule has 0 spiro atoms. The van der Waals surface area contributed by atoms with Crippen LogP contribution in [0, 0.1) is 11.6 Å². The van der Waals surface area contributed by atoms with Crippen LogP contribution >= 0.6 is 11.3 Å². The summed E-state index contributed by atoms with van der Waals surface area (Å²) in [6.07, 6.45) is -1.39. The number of likely N-dealkylation sites (tertiary alicyclic amines) is 1. The molecule has 2 fully saturated rings. The highest BCUT2D eigenvalue weighted by molar-refractivity contribution is 7.16. The van der Waals surface area contributed by atoms with Crippen LogP contribution in [-0.2, 0) is 17.5 Å². The van der Waals surface area contributed by atoms with Crippen molar-refractivity contribution < 1.29 is 31.5 Å². The molecule has 0 aliphatic carbocycles. The summed E-state index contributed by atoms with van der Waals surface area (Å²) in [4.78, 5) is 31.7. The summed E-state index contributed by atoms with van der Waals surface area (Å²) in [5.74, 6) is -1.87. The predicted molar refractivity (Wildman–Crippen MR) is 166 cm³/mol. The number of nitrogens with zero attached hydrogens (tertiary/aromatic N) is 6. The van der Waals surface area contributed by atoms with Crippen molar-refractivity contribution in [2.45, 2.75) is 84.3 Å². The minimum Gasteiger partial charge on any atom is -0.444 e. The number of hydrogen-bond donors (Lipinski definition) is 1. The number of hydrogen-bond acceptors (Lipinski definition) is 9. The molecule has 2 aliphatic rings. The second-order valence-electron chi connectivity index (χ2n) is 12.6. The Kier molecular flexibility index (Phi) is 9.73. The number of aromatic nitrogens is 3. The molecular weight excluding hydrogens is 629 g/mol. The number of carbonyl (C=O) groups excluding carboxylic acids is 1. The van der Waals surface area contributed by atoms with E-state index >= 15 is 4.39 Å². The number of benzene rings is 1. The van der Waals surface area contributed by atoms with Gasteiger partial charge in [-0.2, -0.15) is 17.6 Å². The fourth-order valence-corrected chi connectivity index (χ4v) is 6.77. The average Bonchev–Trinajstić information content (AvgIpc) is 3.57. The molecular formula is C31H38F5N7O2S. The highest BCUT2D eigenvalue weighted by Crippen LogP contribution is 2.39. The second kappa shape index (κ2) is 13.3. The standard InChI is InChI=1S/C31H38F5N7O2S/c1-6-22-15-42(29(44)45-30(3,4)5)10-11-43(22)27-24(33)26(37-17-38-27)40-28-39-25(23(46-28)16-41-9-7-8-18(41)2)19-12-20(31(34,35)36)14-21(32)13-19/h12-14,17-18,22H,6-11,15-16H2,1-5H3,(H,37,38,39,40)/t18-,22-/m1/s1. The third kappa shape index (κ3) is 7.68. The lowest BCUT2D eigenvalue weighted by atomic mass is 10.1. The van der Waals surface area contributed by atoms with Gasteiger partial charge in [-0.1, -0.05) is 18.3 Å². The third-order valence-electron chi connectivity index (χ3n) is 8.11. The van der Waals surface area contributed by atoms with Crippen LogP contribution in [0.25, 0.3) is 11.3 Å². The van der Waals surface area contributed by atoms with Gasteiger partial charge in [-0.3, -0.25) is 4.90 Å². The lowest BCUT2D eigenvalue weighted by Gasteiger charge is -2.42. The molecule has 1 N–H and O–H groups in total. The van der Waals surface area contributed by atoms with Gasteiger partial charge in [-0.15, -0.1) is 0 Å². The van der Waals surface area contributed by atoms with E-state index in [4.69, 9.17) is 4.74 Å². The van der Waals surface area contributed by atoms with Crippen LogP contribution in [0.4, 0.5) is 43.5 Å². The molecule has 15 heteroatoms. The smallest absolute Gasteiger partial charge is 0.416 e. The fraction of sp³-hybridized carbons (Fsp3) is 0.548. The van der Waals surface area contributed by atoms with Crippen molar-refractivity contribution in [3.63, 3.8) is 0 Å². The van der Waals surface area contributed by atoms with Crippen molar-refractivity contribution in [1.82, 2.24) is 24.8 Å². The number of halogens is 5. The van der Waals surface area contributed by atoms with Gasteiger partial charge < -0.3 is 19.9 Å². The first-order valence-corrected chi connectivity index (χ1v) is 16.1. The van der Waals surface area contributed by atoms with E-state index in [1.807, 2.05) is 6.92 Å². The van der Waals surface area contributed by atoms with Crippen LogP contribution in [0.2, 0.25) is 0 Å². The largest absolute Gasteiger partial charge is 0.444 e. The van der Waals surface area contributed by atoms with Crippen LogP contribution in [0.15, 0.2) is 24.5 Å². The lowest BCUT2D eigenvalue weighted by Crippen LogP contribution is -2.56. The van der Waals surface area contributed by atoms with E-state index in [9.17, 15) is 22.4 Å². The number of ether oxygens (including phenoxy) is 1. The first kappa shape index (κ1) is 33.8. The Morgan fingerprint density at radius 3 is 2.52 bits per heavy atom. The van der Waals surface area contributed by atoms with Gasteiger partial charge in [-0.05, 0) is 71.7 Å². The number of amides is 1. The van der Waals surface area contributed by atoms with E-state index in [0.29, 0.717) is 43.5 Å². The molecule has 1 aromatic carbocycles. The molecule has 46 heavy (non-hydrogen) atoms. The quantitative estimate of drug-likeness (QED) is 0.260. The van der Waals surface area contributed by atoms with Gasteiger partial charge in [0, 0.05) is 48.7 Å². The molecule has 2 aliphatic heterocycles. The SMILES string of the molecule is CC[C@@H]1CN(C(=O)OC(C)(C)C)CCN1c1ncnc(Nc2nc(-c3cc(F)cc(C(F)(F)F)c3)c(CN3CCC[C@H]3C)s2)c1F. The number of anilines is 3. The van der Waals surface area contributed by atoms with Gasteiger partial charge in [-0.25, -0.2) is 24.1 Å². The van der Waals surface area contributed by atoms with Crippen LogP contribution in [0.3, 0.4) is 0 Å². The molecule has 2 atom stereocenters. The van der Waals surface area contributed by atoms with Crippen molar-refractivity contribution in [3.05, 3.63) is 46.6 Å². The molecule has 3 aromatic rings. The molecule has 2 aromatic heterocycles. The zero-order valence-corrected chi connectivity index (χ0v) is 27.2. The van der Waals surface area contributed by atoms with Crippen LogP contribution in [0.1, 0.15) is 64.3 Å². The molecule has 0 saturated carbocycles. The number of rotatable bonds is 7. The van der Waals surface area contributed by atoms with Crippen LogP contribution < -0.4 is 10.2 Å². The lowest BCUT2D eigenvalue weighted by molar-refractivity contribution is -0.137. The van der Waals surface area contributed by atoms with E-state index in [1.54, 1.807) is 30.6 Å². The molecule has 0 bridgehead atoms. The molecule has 0 unspecified atom stereocenters. The maximum absolute atomic E-state index is 16.0. The van der Waals surface area contributed by atoms with E-state index < -0.39 is 35.1 Å². The number of piperazine rings is 1. The molecule has 4 heterocycles. The average molecular weight is 668 g/mol. The Morgan fingerprint density at radius 1 is 1.11 bits per heavy atom. The summed E-state index contributed by atoms with van der Waals surface area (Å²) in [6.45, 7) is 11.5. The molecule has 0 radical (unpaired) electrons. The van der Waals surface area contributed by atoms with Gasteiger partial charge in [0.25, 0.3) is 0 Å². The Morgan fingerprint density at radius 2 is 1.87 bits per heavy atom. The molecule has 9 nitrogen and oxygen atoms in total. The molecule has 250 valence electrons. The van der Waals surface area contributed by atoms with E-state index in [2.05, 4.69) is 32.1 Å². The minimum absolute atomic E-state index is 0.0176. The van der Waals surface area contributed by atoms with Crippen molar-refractivity contribution in [3.8, 4) is 11.3 Å². The maximum atomic E-state index is 16.0. The number of carbonyl (C=O) groups is 1. The molecule has 2 saturated heterocycles.